The third-order valence-electron chi connectivity index (χ3n) is 6.66. The highest BCUT2D eigenvalue weighted by atomic mass is 16.3. The van der Waals surface area contributed by atoms with Gasteiger partial charge in [0.1, 0.15) is 5.75 Å². The predicted octanol–water partition coefficient (Wildman–Crippen LogP) is 5.09. The molecule has 4 nitrogen and oxygen atoms in total. The van der Waals surface area contributed by atoms with Crippen LogP contribution in [0, 0.1) is 0 Å². The Balaban J connectivity index is 1.88. The molecule has 0 atom stereocenters. The van der Waals surface area contributed by atoms with Crippen molar-refractivity contribution in [3.8, 4) is 16.9 Å². The van der Waals surface area contributed by atoms with Gasteiger partial charge in [-0.2, -0.15) is 0 Å². The minimum atomic E-state index is -0.0474. The van der Waals surface area contributed by atoms with E-state index in [2.05, 4.69) is 62.1 Å². The summed E-state index contributed by atoms with van der Waals surface area (Å²) in [4.78, 5) is 17.6. The SMILES string of the molecule is CCC(CC)(CN(C)C)c1ccc(-c2c(O)ccc3[nH]c(=O)c4c(c23)C=CC4)cc1. The van der Waals surface area contributed by atoms with Crippen molar-refractivity contribution in [3.63, 3.8) is 0 Å². The molecule has 30 heavy (non-hydrogen) atoms. The Bertz CT molecular complexity index is 1170. The first-order valence-corrected chi connectivity index (χ1v) is 10.7. The molecular formula is C26H30N2O2. The number of rotatable bonds is 6. The lowest BCUT2D eigenvalue weighted by atomic mass is 9.75. The van der Waals surface area contributed by atoms with Crippen molar-refractivity contribution >= 4 is 17.0 Å². The molecular weight excluding hydrogens is 372 g/mol. The van der Waals surface area contributed by atoms with Crippen LogP contribution in [0.25, 0.3) is 28.1 Å². The van der Waals surface area contributed by atoms with E-state index in [-0.39, 0.29) is 16.7 Å². The van der Waals surface area contributed by atoms with Gasteiger partial charge in [-0.1, -0.05) is 50.3 Å². The van der Waals surface area contributed by atoms with Gasteiger partial charge in [-0.15, -0.1) is 0 Å². The lowest BCUT2D eigenvalue weighted by Crippen LogP contribution is -2.36. The fraction of sp³-hybridized carbons (Fsp3) is 0.346. The smallest absolute Gasteiger partial charge is 0.252 e. The lowest BCUT2D eigenvalue weighted by molar-refractivity contribution is 0.265. The van der Waals surface area contributed by atoms with E-state index in [0.717, 1.165) is 52.5 Å². The van der Waals surface area contributed by atoms with E-state index in [4.69, 9.17) is 0 Å². The first kappa shape index (κ1) is 20.4. The number of pyridine rings is 1. The van der Waals surface area contributed by atoms with Crippen molar-refractivity contribution in [2.45, 2.75) is 38.5 Å². The number of H-pyrrole nitrogens is 1. The summed E-state index contributed by atoms with van der Waals surface area (Å²) in [7, 11) is 4.24. The number of benzene rings is 2. The Kier molecular flexibility index (Phi) is 5.29. The number of aromatic amines is 1. The molecule has 4 rings (SSSR count). The summed E-state index contributed by atoms with van der Waals surface area (Å²) in [5.74, 6) is 0.232. The highest BCUT2D eigenvalue weighted by Crippen LogP contribution is 2.41. The molecule has 0 amide bonds. The Morgan fingerprint density at radius 2 is 1.77 bits per heavy atom. The Hall–Kier alpha value is -2.85. The average molecular weight is 403 g/mol. The van der Waals surface area contributed by atoms with Crippen molar-refractivity contribution in [1.29, 1.82) is 0 Å². The van der Waals surface area contributed by atoms with Gasteiger partial charge < -0.3 is 15.0 Å². The normalized spacial score (nSPS) is 13.4. The minimum absolute atomic E-state index is 0.0474. The molecule has 4 heteroatoms. The van der Waals surface area contributed by atoms with Crippen LogP contribution in [-0.4, -0.2) is 35.6 Å². The number of aromatic hydroxyl groups is 1. The molecule has 0 aliphatic heterocycles. The Labute approximate surface area is 177 Å². The average Bonchev–Trinajstić information content (AvgIpc) is 3.23. The van der Waals surface area contributed by atoms with Crippen molar-refractivity contribution < 1.29 is 5.11 Å². The maximum Gasteiger partial charge on any atom is 0.252 e. The van der Waals surface area contributed by atoms with Crippen molar-refractivity contribution in [1.82, 2.24) is 9.88 Å². The molecule has 0 fully saturated rings. The molecule has 2 aromatic carbocycles. The summed E-state index contributed by atoms with van der Waals surface area (Å²) in [6, 6.07) is 12.1. The van der Waals surface area contributed by atoms with Gasteiger partial charge >= 0.3 is 0 Å². The van der Waals surface area contributed by atoms with Crippen LogP contribution in [0.4, 0.5) is 0 Å². The predicted molar refractivity (Wildman–Crippen MR) is 125 cm³/mol. The first-order valence-electron chi connectivity index (χ1n) is 10.7. The van der Waals surface area contributed by atoms with Crippen molar-refractivity contribution in [3.05, 3.63) is 69.5 Å². The number of likely N-dealkylation sites (N-methyl/N-ethyl adjacent to an activating group) is 1. The molecule has 3 aromatic rings. The molecule has 2 N–H and O–H groups in total. The molecule has 1 aliphatic rings. The van der Waals surface area contributed by atoms with Gasteiger partial charge in [-0.05, 0) is 62.2 Å². The van der Waals surface area contributed by atoms with Gasteiger partial charge in [0.25, 0.3) is 5.56 Å². The first-order chi connectivity index (χ1) is 14.4. The number of phenols is 1. The molecule has 1 aliphatic carbocycles. The van der Waals surface area contributed by atoms with E-state index < -0.39 is 0 Å². The van der Waals surface area contributed by atoms with Crippen LogP contribution < -0.4 is 5.56 Å². The number of hydrogen-bond donors (Lipinski definition) is 2. The van der Waals surface area contributed by atoms with E-state index in [1.165, 1.54) is 5.56 Å². The van der Waals surface area contributed by atoms with Crippen LogP contribution in [0.3, 0.4) is 0 Å². The molecule has 1 heterocycles. The lowest BCUT2D eigenvalue weighted by Gasteiger charge is -2.35. The van der Waals surface area contributed by atoms with Gasteiger partial charge in [-0.3, -0.25) is 4.79 Å². The minimum Gasteiger partial charge on any atom is -0.507 e. The van der Waals surface area contributed by atoms with Crippen LogP contribution in [0.1, 0.15) is 43.4 Å². The second kappa shape index (κ2) is 7.77. The van der Waals surface area contributed by atoms with Crippen LogP contribution in [-0.2, 0) is 11.8 Å². The quantitative estimate of drug-likeness (QED) is 0.604. The van der Waals surface area contributed by atoms with E-state index >= 15 is 0 Å². The largest absolute Gasteiger partial charge is 0.507 e. The fourth-order valence-corrected chi connectivity index (χ4v) is 4.99. The third-order valence-corrected chi connectivity index (χ3v) is 6.66. The number of aromatic nitrogens is 1. The van der Waals surface area contributed by atoms with E-state index in [1.54, 1.807) is 12.1 Å². The summed E-state index contributed by atoms with van der Waals surface area (Å²) in [6.45, 7) is 5.51. The van der Waals surface area contributed by atoms with Gasteiger partial charge in [0.05, 0.1) is 0 Å². The van der Waals surface area contributed by atoms with Gasteiger partial charge in [0, 0.05) is 34.0 Å². The Morgan fingerprint density at radius 1 is 1.07 bits per heavy atom. The van der Waals surface area contributed by atoms with Crippen LogP contribution in [0.15, 0.2) is 47.3 Å². The zero-order valence-corrected chi connectivity index (χ0v) is 18.2. The summed E-state index contributed by atoms with van der Waals surface area (Å²) < 4.78 is 0. The van der Waals surface area contributed by atoms with Crippen LogP contribution in [0.2, 0.25) is 0 Å². The molecule has 0 saturated heterocycles. The molecule has 156 valence electrons. The fourth-order valence-electron chi connectivity index (χ4n) is 4.99. The molecule has 0 unspecified atom stereocenters. The number of nitrogens with one attached hydrogen (secondary N) is 1. The second-order valence-corrected chi connectivity index (χ2v) is 8.64. The number of phenolic OH excluding ortho intramolecular Hbond substituents is 1. The van der Waals surface area contributed by atoms with Crippen LogP contribution >= 0.6 is 0 Å². The maximum atomic E-state index is 12.4. The van der Waals surface area contributed by atoms with Crippen molar-refractivity contribution in [2.75, 3.05) is 20.6 Å². The zero-order chi connectivity index (χ0) is 21.5. The van der Waals surface area contributed by atoms with Gasteiger partial charge in [-0.25, -0.2) is 0 Å². The summed E-state index contributed by atoms with van der Waals surface area (Å²) >= 11 is 0. The van der Waals surface area contributed by atoms with Gasteiger partial charge in [0.15, 0.2) is 0 Å². The van der Waals surface area contributed by atoms with Crippen molar-refractivity contribution in [2.24, 2.45) is 0 Å². The topological polar surface area (TPSA) is 56.3 Å². The standard InChI is InChI=1S/C26H30N2O2/c1-5-26(6-2,16-28(3)4)18-12-10-17(11-13-18)23-22(29)15-14-21-24(23)19-8-7-9-20(19)25(30)27-21/h7-8,10-15,29H,5-6,9,16H2,1-4H3,(H,27,30). The van der Waals surface area contributed by atoms with Gasteiger partial charge in [0.2, 0.25) is 0 Å². The second-order valence-electron chi connectivity index (χ2n) is 8.64. The number of hydrogen-bond acceptors (Lipinski definition) is 3. The van der Waals surface area contributed by atoms with E-state index in [9.17, 15) is 9.90 Å². The van der Waals surface area contributed by atoms with E-state index in [0.29, 0.717) is 6.42 Å². The van der Waals surface area contributed by atoms with E-state index in [1.807, 2.05) is 12.2 Å². The third kappa shape index (κ3) is 3.25. The highest BCUT2D eigenvalue weighted by molar-refractivity contribution is 6.04. The molecule has 0 spiro atoms. The monoisotopic (exact) mass is 402 g/mol. The molecule has 0 radical (unpaired) electrons. The summed E-state index contributed by atoms with van der Waals surface area (Å²) in [5, 5.41) is 11.7. The summed E-state index contributed by atoms with van der Waals surface area (Å²) in [6.07, 6.45) is 6.78. The summed E-state index contributed by atoms with van der Waals surface area (Å²) in [5.41, 5.74) is 5.58. The molecule has 1 aromatic heterocycles. The highest BCUT2D eigenvalue weighted by Gasteiger charge is 2.29. The Morgan fingerprint density at radius 3 is 2.40 bits per heavy atom. The van der Waals surface area contributed by atoms with Crippen LogP contribution in [0.5, 0.6) is 5.75 Å². The zero-order valence-electron chi connectivity index (χ0n) is 18.2. The number of nitrogens with zero attached hydrogens (tertiary/aromatic N) is 1. The number of allylic oxidation sites excluding steroid dienone is 1. The maximum absolute atomic E-state index is 12.4. The number of fused-ring (bicyclic) bond motifs is 3. The molecule has 0 saturated carbocycles. The molecule has 0 bridgehead atoms.